The van der Waals surface area contributed by atoms with Crippen LogP contribution >= 0.6 is 0 Å². The molecule has 0 aliphatic rings. The van der Waals surface area contributed by atoms with Crippen LogP contribution in [0.4, 0.5) is 0 Å². The number of hydrogen-bond donors (Lipinski definition) is 2. The number of imidazole rings is 1. The minimum Gasteiger partial charge on any atom is -0.497 e. The third-order valence-corrected chi connectivity index (χ3v) is 3.75. The van der Waals surface area contributed by atoms with Crippen LogP contribution in [0.3, 0.4) is 0 Å². The van der Waals surface area contributed by atoms with Gasteiger partial charge in [-0.15, -0.1) is 0 Å². The first-order valence-electron chi connectivity index (χ1n) is 7.71. The lowest BCUT2D eigenvalue weighted by molar-refractivity contribution is 0.0913. The molecule has 24 heavy (non-hydrogen) atoms. The van der Waals surface area contributed by atoms with Gasteiger partial charge in [0.1, 0.15) is 36.6 Å². The van der Waals surface area contributed by atoms with Crippen molar-refractivity contribution < 1.29 is 19.7 Å². The lowest BCUT2D eigenvalue weighted by Gasteiger charge is -2.15. The molecule has 0 amide bonds. The number of ether oxygens (including phenoxy) is 2. The van der Waals surface area contributed by atoms with E-state index in [1.807, 2.05) is 41.0 Å². The fourth-order valence-corrected chi connectivity index (χ4v) is 2.60. The Bertz CT molecular complexity index is 816. The van der Waals surface area contributed by atoms with Gasteiger partial charge in [0.15, 0.2) is 0 Å². The van der Waals surface area contributed by atoms with Crippen molar-refractivity contribution in [2.45, 2.75) is 19.3 Å². The SMILES string of the molecule is COc1cccc(OC[C@H](O)Cn2c(CO)nc3ccccc32)c1. The molecule has 0 bridgehead atoms. The molecule has 0 spiro atoms. The van der Waals surface area contributed by atoms with Crippen molar-refractivity contribution >= 4 is 11.0 Å². The molecule has 6 nitrogen and oxygen atoms in total. The summed E-state index contributed by atoms with van der Waals surface area (Å²) in [6.07, 6.45) is -0.737. The molecule has 0 fully saturated rings. The molecule has 1 atom stereocenters. The maximum absolute atomic E-state index is 10.3. The number of rotatable bonds is 7. The van der Waals surface area contributed by atoms with Crippen molar-refractivity contribution in [1.82, 2.24) is 9.55 Å². The highest BCUT2D eigenvalue weighted by Crippen LogP contribution is 2.20. The van der Waals surface area contributed by atoms with Gasteiger partial charge in [0.25, 0.3) is 0 Å². The highest BCUT2D eigenvalue weighted by molar-refractivity contribution is 5.75. The zero-order valence-corrected chi connectivity index (χ0v) is 13.4. The number of fused-ring (bicyclic) bond motifs is 1. The van der Waals surface area contributed by atoms with Gasteiger partial charge in [-0.05, 0) is 24.3 Å². The zero-order valence-electron chi connectivity index (χ0n) is 13.4. The molecule has 6 heteroatoms. The normalized spacial score (nSPS) is 12.3. The van der Waals surface area contributed by atoms with Crippen LogP contribution in [-0.4, -0.2) is 39.6 Å². The summed E-state index contributed by atoms with van der Waals surface area (Å²) in [6.45, 7) is 0.239. The van der Waals surface area contributed by atoms with Crippen LogP contribution in [0.1, 0.15) is 5.82 Å². The molecule has 126 valence electrons. The Kier molecular flexibility index (Phi) is 4.98. The Morgan fingerprint density at radius 2 is 1.92 bits per heavy atom. The minimum absolute atomic E-state index is 0.130. The van der Waals surface area contributed by atoms with E-state index >= 15 is 0 Å². The van der Waals surface area contributed by atoms with E-state index in [0.29, 0.717) is 23.9 Å². The Labute approximate surface area is 139 Å². The fraction of sp³-hybridized carbons (Fsp3) is 0.278. The number of aliphatic hydroxyl groups is 2. The van der Waals surface area contributed by atoms with Crippen LogP contribution < -0.4 is 9.47 Å². The molecule has 1 heterocycles. The smallest absolute Gasteiger partial charge is 0.135 e. The van der Waals surface area contributed by atoms with Gasteiger partial charge in [-0.3, -0.25) is 0 Å². The van der Waals surface area contributed by atoms with E-state index in [2.05, 4.69) is 4.98 Å². The van der Waals surface area contributed by atoms with E-state index < -0.39 is 6.10 Å². The quantitative estimate of drug-likeness (QED) is 0.693. The molecule has 0 saturated carbocycles. The van der Waals surface area contributed by atoms with Gasteiger partial charge in [-0.1, -0.05) is 18.2 Å². The lowest BCUT2D eigenvalue weighted by atomic mass is 10.3. The van der Waals surface area contributed by atoms with E-state index in [4.69, 9.17) is 9.47 Å². The summed E-state index contributed by atoms with van der Waals surface area (Å²) in [4.78, 5) is 4.37. The standard InChI is InChI=1S/C18H20N2O4/c1-23-14-5-4-6-15(9-14)24-12-13(22)10-20-17-8-3-2-7-16(17)19-18(20)11-21/h2-9,13,21-22H,10-12H2,1H3/t13-/m1/s1. The molecule has 0 aliphatic carbocycles. The molecule has 0 aliphatic heterocycles. The zero-order chi connectivity index (χ0) is 16.9. The van der Waals surface area contributed by atoms with E-state index in [-0.39, 0.29) is 13.2 Å². The number of aliphatic hydroxyl groups excluding tert-OH is 2. The van der Waals surface area contributed by atoms with E-state index in [9.17, 15) is 10.2 Å². The van der Waals surface area contributed by atoms with Crippen LogP contribution in [0.25, 0.3) is 11.0 Å². The molecule has 3 rings (SSSR count). The minimum atomic E-state index is -0.737. The summed E-state index contributed by atoms with van der Waals surface area (Å²) < 4.78 is 12.6. The topological polar surface area (TPSA) is 76.7 Å². The monoisotopic (exact) mass is 328 g/mol. The van der Waals surface area contributed by atoms with Crippen LogP contribution in [0.2, 0.25) is 0 Å². The molecule has 0 unspecified atom stereocenters. The van der Waals surface area contributed by atoms with E-state index in [1.54, 1.807) is 19.2 Å². The van der Waals surface area contributed by atoms with Crippen molar-refractivity contribution in [3.05, 3.63) is 54.4 Å². The van der Waals surface area contributed by atoms with Gasteiger partial charge in [0.05, 0.1) is 24.7 Å². The van der Waals surface area contributed by atoms with Crippen molar-refractivity contribution in [2.24, 2.45) is 0 Å². The molecular weight excluding hydrogens is 308 g/mol. The average molecular weight is 328 g/mol. The molecule has 2 N–H and O–H groups in total. The van der Waals surface area contributed by atoms with E-state index in [0.717, 1.165) is 11.0 Å². The number of nitrogens with zero attached hydrogens (tertiary/aromatic N) is 2. The summed E-state index contributed by atoms with van der Waals surface area (Å²) in [5.74, 6) is 1.85. The highest BCUT2D eigenvalue weighted by Gasteiger charge is 2.14. The van der Waals surface area contributed by atoms with Crippen LogP contribution in [0, 0.1) is 0 Å². The third kappa shape index (κ3) is 3.50. The number of methoxy groups -OCH3 is 1. The Balaban J connectivity index is 1.69. The Morgan fingerprint density at radius 3 is 2.71 bits per heavy atom. The van der Waals surface area contributed by atoms with Gasteiger partial charge < -0.3 is 24.3 Å². The highest BCUT2D eigenvalue weighted by atomic mass is 16.5. The predicted molar refractivity (Wildman–Crippen MR) is 90.2 cm³/mol. The van der Waals surface area contributed by atoms with Crippen molar-refractivity contribution in [3.8, 4) is 11.5 Å². The average Bonchev–Trinajstić information content (AvgIpc) is 2.98. The van der Waals surface area contributed by atoms with Gasteiger partial charge in [0, 0.05) is 6.07 Å². The summed E-state index contributed by atoms with van der Waals surface area (Å²) in [5.41, 5.74) is 1.67. The third-order valence-electron chi connectivity index (χ3n) is 3.75. The largest absolute Gasteiger partial charge is 0.497 e. The predicted octanol–water partition coefficient (Wildman–Crippen LogP) is 1.98. The molecule has 0 saturated heterocycles. The fourth-order valence-electron chi connectivity index (χ4n) is 2.60. The van der Waals surface area contributed by atoms with Crippen LogP contribution in [0.15, 0.2) is 48.5 Å². The van der Waals surface area contributed by atoms with Crippen LogP contribution in [0.5, 0.6) is 11.5 Å². The van der Waals surface area contributed by atoms with Crippen molar-refractivity contribution in [1.29, 1.82) is 0 Å². The Morgan fingerprint density at radius 1 is 1.12 bits per heavy atom. The first kappa shape index (κ1) is 16.3. The molecule has 0 radical (unpaired) electrons. The van der Waals surface area contributed by atoms with Crippen LogP contribution in [-0.2, 0) is 13.2 Å². The maximum Gasteiger partial charge on any atom is 0.135 e. The number of aromatic nitrogens is 2. The summed E-state index contributed by atoms with van der Waals surface area (Å²) >= 11 is 0. The maximum atomic E-state index is 10.3. The number of para-hydroxylation sites is 2. The second kappa shape index (κ2) is 7.33. The molecule has 1 aromatic heterocycles. The first-order valence-corrected chi connectivity index (χ1v) is 7.71. The molecule has 3 aromatic rings. The lowest BCUT2D eigenvalue weighted by Crippen LogP contribution is -2.24. The first-order chi connectivity index (χ1) is 11.7. The van der Waals surface area contributed by atoms with Gasteiger partial charge >= 0.3 is 0 Å². The van der Waals surface area contributed by atoms with Gasteiger partial charge in [0.2, 0.25) is 0 Å². The van der Waals surface area contributed by atoms with E-state index in [1.165, 1.54) is 0 Å². The summed E-state index contributed by atoms with van der Waals surface area (Å²) in [5, 5.41) is 19.8. The molecular formula is C18H20N2O4. The number of hydrogen-bond acceptors (Lipinski definition) is 5. The summed E-state index contributed by atoms with van der Waals surface area (Å²) in [7, 11) is 1.59. The Hall–Kier alpha value is -2.57. The van der Waals surface area contributed by atoms with Crippen molar-refractivity contribution in [3.63, 3.8) is 0 Å². The number of benzene rings is 2. The van der Waals surface area contributed by atoms with Gasteiger partial charge in [-0.2, -0.15) is 0 Å². The van der Waals surface area contributed by atoms with Crippen molar-refractivity contribution in [2.75, 3.05) is 13.7 Å². The second-order valence-electron chi connectivity index (χ2n) is 5.43. The van der Waals surface area contributed by atoms with Gasteiger partial charge in [-0.25, -0.2) is 4.98 Å². The second-order valence-corrected chi connectivity index (χ2v) is 5.43. The summed E-state index contributed by atoms with van der Waals surface area (Å²) in [6, 6.07) is 14.8. The molecule has 2 aromatic carbocycles.